The van der Waals surface area contributed by atoms with Gasteiger partial charge < -0.3 is 15.4 Å². The average Bonchev–Trinajstić information content (AvgIpc) is 2.66. The number of carbonyl (C=O) groups excluding carboxylic acids is 2. The third-order valence-electron chi connectivity index (χ3n) is 4.34. The van der Waals surface area contributed by atoms with Crippen LogP contribution in [0.1, 0.15) is 17.4 Å². The number of hydrogen-bond donors (Lipinski definition) is 2. The van der Waals surface area contributed by atoms with E-state index in [2.05, 4.69) is 15.7 Å². The van der Waals surface area contributed by atoms with Crippen molar-refractivity contribution in [2.75, 3.05) is 10.6 Å². The number of fused-ring (bicyclic) bond motifs is 2. The normalized spacial score (nSPS) is 15.6. The zero-order chi connectivity index (χ0) is 19.1. The van der Waals surface area contributed by atoms with E-state index in [1.165, 1.54) is 7.05 Å². The molecule has 1 atom stereocenters. The van der Waals surface area contributed by atoms with Crippen LogP contribution in [-0.4, -0.2) is 27.7 Å². The van der Waals surface area contributed by atoms with Crippen molar-refractivity contribution in [3.63, 3.8) is 0 Å². The van der Waals surface area contributed by atoms with Crippen LogP contribution in [0.25, 0.3) is 10.8 Å². The number of ether oxygens (including phenoxy) is 1. The number of amides is 2. The van der Waals surface area contributed by atoms with Crippen LogP contribution >= 0.6 is 0 Å². The van der Waals surface area contributed by atoms with Crippen LogP contribution in [0, 0.1) is 0 Å². The molecule has 2 heterocycles. The first-order chi connectivity index (χ1) is 12.9. The Balaban J connectivity index is 1.69. The van der Waals surface area contributed by atoms with Crippen LogP contribution in [0.15, 0.2) is 47.3 Å². The van der Waals surface area contributed by atoms with Gasteiger partial charge in [0.25, 0.3) is 17.4 Å². The largest absolute Gasteiger partial charge is 0.479 e. The van der Waals surface area contributed by atoms with Gasteiger partial charge in [0.2, 0.25) is 0 Å². The van der Waals surface area contributed by atoms with Crippen molar-refractivity contribution >= 4 is 34.0 Å². The van der Waals surface area contributed by atoms with Gasteiger partial charge in [-0.2, -0.15) is 5.10 Å². The Hall–Kier alpha value is -3.68. The van der Waals surface area contributed by atoms with E-state index in [4.69, 9.17) is 4.74 Å². The molecule has 3 aromatic rings. The summed E-state index contributed by atoms with van der Waals surface area (Å²) < 4.78 is 6.64. The summed E-state index contributed by atoms with van der Waals surface area (Å²) in [5.74, 6) is -0.180. The number of aromatic nitrogens is 2. The molecule has 0 aliphatic carbocycles. The lowest BCUT2D eigenvalue weighted by Gasteiger charge is -2.23. The second-order valence-electron chi connectivity index (χ2n) is 6.24. The molecule has 0 fully saturated rings. The van der Waals surface area contributed by atoms with Gasteiger partial charge in [0.05, 0.1) is 11.1 Å². The molecule has 0 unspecified atom stereocenters. The summed E-state index contributed by atoms with van der Waals surface area (Å²) in [6.07, 6.45) is -0.570. The van der Waals surface area contributed by atoms with E-state index in [-0.39, 0.29) is 17.2 Å². The number of nitrogens with one attached hydrogen (secondary N) is 2. The minimum absolute atomic E-state index is 0.138. The van der Waals surface area contributed by atoms with E-state index in [1.807, 2.05) is 0 Å². The number of carbonyl (C=O) groups is 2. The molecule has 8 nitrogen and oxygen atoms in total. The fourth-order valence-corrected chi connectivity index (χ4v) is 2.94. The number of aryl methyl sites for hydroxylation is 1. The quantitative estimate of drug-likeness (QED) is 0.723. The molecule has 0 bridgehead atoms. The van der Waals surface area contributed by atoms with Gasteiger partial charge in [-0.3, -0.25) is 14.4 Å². The predicted molar refractivity (Wildman–Crippen MR) is 100 cm³/mol. The third-order valence-corrected chi connectivity index (χ3v) is 4.34. The molecule has 0 saturated carbocycles. The molecule has 2 N–H and O–H groups in total. The molecule has 2 aromatic carbocycles. The van der Waals surface area contributed by atoms with Crippen LogP contribution in [-0.2, 0) is 11.8 Å². The molecule has 8 heteroatoms. The maximum atomic E-state index is 12.8. The highest BCUT2D eigenvalue weighted by atomic mass is 16.5. The Morgan fingerprint density at radius 1 is 1.19 bits per heavy atom. The van der Waals surface area contributed by atoms with Gasteiger partial charge in [-0.1, -0.05) is 18.2 Å². The van der Waals surface area contributed by atoms with Crippen molar-refractivity contribution in [1.82, 2.24) is 9.78 Å². The van der Waals surface area contributed by atoms with Crippen molar-refractivity contribution in [2.45, 2.75) is 13.0 Å². The lowest BCUT2D eigenvalue weighted by molar-refractivity contribution is -0.122. The zero-order valence-corrected chi connectivity index (χ0v) is 14.6. The summed E-state index contributed by atoms with van der Waals surface area (Å²) in [5, 5.41) is 10.5. The molecule has 1 aliphatic heterocycles. The topological polar surface area (TPSA) is 102 Å². The summed E-state index contributed by atoms with van der Waals surface area (Å²) in [4.78, 5) is 36.7. The Morgan fingerprint density at radius 2 is 1.93 bits per heavy atom. The van der Waals surface area contributed by atoms with Crippen molar-refractivity contribution in [2.24, 2.45) is 7.05 Å². The van der Waals surface area contributed by atoms with Gasteiger partial charge in [0, 0.05) is 18.1 Å². The van der Waals surface area contributed by atoms with Gasteiger partial charge in [0.1, 0.15) is 5.75 Å². The van der Waals surface area contributed by atoms with Crippen molar-refractivity contribution in [3.05, 3.63) is 58.5 Å². The van der Waals surface area contributed by atoms with Crippen molar-refractivity contribution < 1.29 is 14.3 Å². The summed E-state index contributed by atoms with van der Waals surface area (Å²) in [6.45, 7) is 1.66. The minimum atomic E-state index is -0.570. The highest BCUT2D eigenvalue weighted by molar-refractivity contribution is 6.11. The van der Waals surface area contributed by atoms with Gasteiger partial charge in [0.15, 0.2) is 11.8 Å². The molecule has 0 radical (unpaired) electrons. The fourth-order valence-electron chi connectivity index (χ4n) is 2.94. The monoisotopic (exact) mass is 364 g/mol. The Kier molecular flexibility index (Phi) is 3.88. The first-order valence-electron chi connectivity index (χ1n) is 8.33. The Morgan fingerprint density at radius 3 is 2.70 bits per heavy atom. The first kappa shape index (κ1) is 16.8. The highest BCUT2D eigenvalue weighted by Gasteiger charge is 2.24. The van der Waals surface area contributed by atoms with Gasteiger partial charge in [-0.05, 0) is 31.2 Å². The fraction of sp³-hybridized carbons (Fsp3) is 0.158. The van der Waals surface area contributed by atoms with Crippen molar-refractivity contribution in [1.29, 1.82) is 0 Å². The Labute approximate surface area is 153 Å². The lowest BCUT2D eigenvalue weighted by atomic mass is 10.1. The molecule has 0 spiro atoms. The summed E-state index contributed by atoms with van der Waals surface area (Å²) >= 11 is 0. The van der Waals surface area contributed by atoms with E-state index in [9.17, 15) is 14.4 Å². The van der Waals surface area contributed by atoms with Crippen LogP contribution in [0.4, 0.5) is 11.4 Å². The predicted octanol–water partition coefficient (Wildman–Crippen LogP) is 1.91. The molecular formula is C19H16N4O4. The number of nitrogens with zero attached hydrogens (tertiary/aromatic N) is 2. The van der Waals surface area contributed by atoms with Crippen LogP contribution < -0.4 is 20.9 Å². The second-order valence-corrected chi connectivity index (χ2v) is 6.24. The molecule has 4 rings (SSSR count). The summed E-state index contributed by atoms with van der Waals surface area (Å²) in [5.41, 5.74) is 0.815. The zero-order valence-electron chi connectivity index (χ0n) is 14.6. The minimum Gasteiger partial charge on any atom is -0.479 e. The number of anilines is 2. The van der Waals surface area contributed by atoms with E-state index < -0.39 is 12.0 Å². The summed E-state index contributed by atoms with van der Waals surface area (Å²) in [6, 6.07) is 11.8. The average molecular weight is 364 g/mol. The van der Waals surface area contributed by atoms with E-state index >= 15 is 0 Å². The smallest absolute Gasteiger partial charge is 0.276 e. The maximum absolute atomic E-state index is 12.8. The Bertz CT molecular complexity index is 1150. The number of benzene rings is 2. The van der Waals surface area contributed by atoms with Crippen LogP contribution in [0.2, 0.25) is 0 Å². The lowest BCUT2D eigenvalue weighted by Crippen LogP contribution is -2.34. The number of hydrogen-bond acceptors (Lipinski definition) is 5. The van der Waals surface area contributed by atoms with Gasteiger partial charge in [-0.15, -0.1) is 0 Å². The second kappa shape index (κ2) is 6.24. The van der Waals surface area contributed by atoms with E-state index in [0.29, 0.717) is 27.9 Å². The SMILES string of the molecule is C[C@H]1Oc2ccc(NC(=O)c3nn(C)c(=O)c4ccccc34)cc2NC1=O. The van der Waals surface area contributed by atoms with E-state index in [0.717, 1.165) is 4.68 Å². The third kappa shape index (κ3) is 2.91. The first-order valence-corrected chi connectivity index (χ1v) is 8.33. The standard InChI is InChI=1S/C19H16N4O4/c1-10-17(24)21-14-9-11(7-8-15(14)27-10)20-18(25)16-12-5-3-4-6-13(12)19(26)23(2)22-16/h3-10H,1-2H3,(H,20,25)(H,21,24)/t10-/m1/s1. The molecule has 2 amide bonds. The van der Waals surface area contributed by atoms with Gasteiger partial charge in [-0.25, -0.2) is 4.68 Å². The molecule has 0 saturated heterocycles. The molecule has 27 heavy (non-hydrogen) atoms. The van der Waals surface area contributed by atoms with E-state index in [1.54, 1.807) is 49.4 Å². The van der Waals surface area contributed by atoms with Crippen LogP contribution in [0.3, 0.4) is 0 Å². The molecule has 136 valence electrons. The maximum Gasteiger partial charge on any atom is 0.276 e. The molecule has 1 aromatic heterocycles. The molecule has 1 aliphatic rings. The summed E-state index contributed by atoms with van der Waals surface area (Å²) in [7, 11) is 1.50. The highest BCUT2D eigenvalue weighted by Crippen LogP contribution is 2.32. The van der Waals surface area contributed by atoms with Crippen molar-refractivity contribution in [3.8, 4) is 5.75 Å². The van der Waals surface area contributed by atoms with Crippen LogP contribution in [0.5, 0.6) is 5.75 Å². The molecular weight excluding hydrogens is 348 g/mol. The van der Waals surface area contributed by atoms with Gasteiger partial charge >= 0.3 is 0 Å². The number of rotatable bonds is 2.